The molecule has 1 aliphatic rings. The number of likely N-dealkylation sites (tertiary alicyclic amines) is 1. The Morgan fingerprint density at radius 3 is 2.42 bits per heavy atom. The molecule has 0 aromatic heterocycles. The van der Waals surface area contributed by atoms with Crippen LogP contribution in [0.4, 0.5) is 27.6 Å². The highest BCUT2D eigenvalue weighted by Gasteiger charge is 2.39. The van der Waals surface area contributed by atoms with E-state index in [2.05, 4.69) is 6.58 Å². The maximum atomic E-state index is 14.6. The lowest BCUT2D eigenvalue weighted by atomic mass is 9.98. The number of nitriles is 1. The normalized spacial score (nSPS) is 15.8. The lowest BCUT2D eigenvalue weighted by Crippen LogP contribution is -2.52. The van der Waals surface area contributed by atoms with Crippen LogP contribution < -0.4 is 4.90 Å². The Hall–Kier alpha value is -2.63. The highest BCUT2D eigenvalue weighted by molar-refractivity contribution is 5.85. The maximum Gasteiger partial charge on any atom is 0.405 e. The predicted octanol–water partition coefficient (Wildman–Crippen LogP) is 5.39. The number of rotatable bonds is 8. The number of benzene rings is 1. The number of nitrogens with zero attached hydrogens (tertiary/aromatic N) is 3. The van der Waals surface area contributed by atoms with Crippen molar-refractivity contribution < 1.29 is 26.7 Å². The van der Waals surface area contributed by atoms with E-state index in [-0.39, 0.29) is 17.7 Å². The first kappa shape index (κ1) is 24.6. The van der Waals surface area contributed by atoms with Gasteiger partial charge in [0, 0.05) is 30.8 Å². The van der Waals surface area contributed by atoms with Crippen LogP contribution in [0.25, 0.3) is 0 Å². The minimum Gasteiger partial charge on any atom is -0.350 e. The molecule has 1 atom stereocenters. The molecule has 1 saturated heterocycles. The maximum absolute atomic E-state index is 14.6. The molecule has 31 heavy (non-hydrogen) atoms. The molecule has 1 unspecified atom stereocenters. The first-order valence-corrected chi connectivity index (χ1v) is 10.2. The molecule has 1 aromatic carbocycles. The van der Waals surface area contributed by atoms with Crippen LogP contribution in [-0.4, -0.2) is 42.7 Å². The van der Waals surface area contributed by atoms with Crippen molar-refractivity contribution in [2.24, 2.45) is 0 Å². The van der Waals surface area contributed by atoms with E-state index in [1.165, 1.54) is 11.0 Å². The van der Waals surface area contributed by atoms with Crippen molar-refractivity contribution in [3.63, 3.8) is 0 Å². The molecule has 1 heterocycles. The monoisotopic (exact) mass is 443 g/mol. The molecule has 1 amide bonds. The first-order valence-electron chi connectivity index (χ1n) is 10.2. The molecule has 0 radical (unpaired) electrons. The number of alkyl halides is 5. The van der Waals surface area contributed by atoms with Crippen molar-refractivity contribution in [1.29, 1.82) is 5.26 Å². The standard InChI is InChI=1S/C22H26F5N3O/c1-3-10-21(23,24)18-13-17(9-8-16(18)14-28)30(15-22(25,26)27)19(4-2)20(31)29-11-6-5-7-12-29/h3,8-9,13,19H,1,4-7,10-12,15H2,2H3. The largest absolute Gasteiger partial charge is 0.405 e. The van der Waals surface area contributed by atoms with Crippen molar-refractivity contribution in [2.75, 3.05) is 24.5 Å². The third kappa shape index (κ3) is 6.18. The number of hydrogen-bond donors (Lipinski definition) is 0. The van der Waals surface area contributed by atoms with Crippen LogP contribution in [0.1, 0.15) is 50.2 Å². The van der Waals surface area contributed by atoms with E-state index < -0.39 is 42.6 Å². The van der Waals surface area contributed by atoms with Gasteiger partial charge in [-0.3, -0.25) is 4.79 Å². The van der Waals surface area contributed by atoms with E-state index in [9.17, 15) is 32.0 Å². The molecular weight excluding hydrogens is 417 g/mol. The summed E-state index contributed by atoms with van der Waals surface area (Å²) in [4.78, 5) is 15.4. The van der Waals surface area contributed by atoms with Crippen LogP contribution in [0, 0.1) is 11.3 Å². The molecule has 0 spiro atoms. The van der Waals surface area contributed by atoms with Crippen molar-refractivity contribution in [3.8, 4) is 6.07 Å². The number of anilines is 1. The number of carbonyl (C=O) groups excluding carboxylic acids is 1. The molecule has 0 bridgehead atoms. The summed E-state index contributed by atoms with van der Waals surface area (Å²) in [5, 5.41) is 9.22. The molecule has 0 saturated carbocycles. The smallest absolute Gasteiger partial charge is 0.350 e. The molecule has 170 valence electrons. The second kappa shape index (κ2) is 10.1. The summed E-state index contributed by atoms with van der Waals surface area (Å²) in [6.07, 6.45) is -1.88. The molecule has 9 heteroatoms. The van der Waals surface area contributed by atoms with E-state index in [1.807, 2.05) is 0 Å². The van der Waals surface area contributed by atoms with Gasteiger partial charge in [-0.15, -0.1) is 6.58 Å². The number of hydrogen-bond acceptors (Lipinski definition) is 3. The van der Waals surface area contributed by atoms with Crippen LogP contribution in [0.15, 0.2) is 30.9 Å². The molecule has 0 aliphatic carbocycles. The summed E-state index contributed by atoms with van der Waals surface area (Å²) in [6, 6.07) is 3.65. The lowest BCUT2D eigenvalue weighted by molar-refractivity contribution is -0.136. The van der Waals surface area contributed by atoms with E-state index in [1.54, 1.807) is 13.0 Å². The molecule has 0 N–H and O–H groups in total. The van der Waals surface area contributed by atoms with E-state index >= 15 is 0 Å². The van der Waals surface area contributed by atoms with E-state index in [0.717, 1.165) is 42.4 Å². The lowest BCUT2D eigenvalue weighted by Gasteiger charge is -2.37. The Bertz CT molecular complexity index is 825. The summed E-state index contributed by atoms with van der Waals surface area (Å²) < 4.78 is 69.4. The van der Waals surface area contributed by atoms with Crippen LogP contribution in [-0.2, 0) is 10.7 Å². The van der Waals surface area contributed by atoms with Crippen molar-refractivity contribution in [2.45, 2.75) is 57.2 Å². The zero-order valence-electron chi connectivity index (χ0n) is 17.4. The fraction of sp³-hybridized carbons (Fsp3) is 0.545. The van der Waals surface area contributed by atoms with Crippen LogP contribution in [0.3, 0.4) is 0 Å². The Labute approximate surface area is 178 Å². The summed E-state index contributed by atoms with van der Waals surface area (Å²) in [5.74, 6) is -3.93. The van der Waals surface area contributed by atoms with Gasteiger partial charge in [0.05, 0.1) is 11.6 Å². The highest BCUT2D eigenvalue weighted by Crippen LogP contribution is 2.37. The number of halogens is 5. The topological polar surface area (TPSA) is 47.3 Å². The van der Waals surface area contributed by atoms with Gasteiger partial charge in [-0.1, -0.05) is 13.0 Å². The van der Waals surface area contributed by atoms with Gasteiger partial charge in [0.25, 0.3) is 5.92 Å². The third-order valence-corrected chi connectivity index (χ3v) is 5.32. The minimum absolute atomic E-state index is 0.0732. The van der Waals surface area contributed by atoms with Crippen molar-refractivity contribution in [3.05, 3.63) is 42.0 Å². The van der Waals surface area contributed by atoms with Gasteiger partial charge in [-0.2, -0.15) is 18.4 Å². The zero-order chi connectivity index (χ0) is 23.2. The minimum atomic E-state index is -4.66. The van der Waals surface area contributed by atoms with Gasteiger partial charge in [0.15, 0.2) is 0 Å². The van der Waals surface area contributed by atoms with Crippen LogP contribution in [0.5, 0.6) is 0 Å². The first-order chi connectivity index (χ1) is 14.5. The quantitative estimate of drug-likeness (QED) is 0.400. The average molecular weight is 443 g/mol. The molecule has 1 aromatic rings. The Balaban J connectivity index is 2.53. The van der Waals surface area contributed by atoms with E-state index in [0.29, 0.717) is 13.1 Å². The van der Waals surface area contributed by atoms with Gasteiger partial charge in [0.2, 0.25) is 5.91 Å². The van der Waals surface area contributed by atoms with Crippen LogP contribution >= 0.6 is 0 Å². The highest BCUT2D eigenvalue weighted by atomic mass is 19.4. The van der Waals surface area contributed by atoms with E-state index in [4.69, 9.17) is 0 Å². The Morgan fingerprint density at radius 2 is 1.90 bits per heavy atom. The fourth-order valence-electron chi connectivity index (χ4n) is 3.83. The number of carbonyl (C=O) groups is 1. The predicted molar refractivity (Wildman–Crippen MR) is 108 cm³/mol. The van der Waals surface area contributed by atoms with Gasteiger partial charge < -0.3 is 9.80 Å². The molecule has 1 fully saturated rings. The van der Waals surface area contributed by atoms with Gasteiger partial charge in [0.1, 0.15) is 12.6 Å². The summed E-state index contributed by atoms with van der Waals surface area (Å²) in [5.41, 5.74) is -1.19. The number of amides is 1. The fourth-order valence-corrected chi connectivity index (χ4v) is 3.83. The second-order valence-corrected chi connectivity index (χ2v) is 7.59. The molecule has 2 rings (SSSR count). The SMILES string of the molecule is C=CCC(F)(F)c1cc(N(CC(F)(F)F)C(CC)C(=O)N2CCCCC2)ccc1C#N. The second-order valence-electron chi connectivity index (χ2n) is 7.59. The van der Waals surface area contributed by atoms with Gasteiger partial charge in [-0.05, 0) is 43.9 Å². The van der Waals surface area contributed by atoms with Crippen molar-refractivity contribution in [1.82, 2.24) is 4.90 Å². The third-order valence-electron chi connectivity index (χ3n) is 5.32. The number of allylic oxidation sites excluding steroid dienone is 1. The van der Waals surface area contributed by atoms with Crippen LogP contribution in [0.2, 0.25) is 0 Å². The average Bonchev–Trinajstić information content (AvgIpc) is 2.72. The molecule has 4 nitrogen and oxygen atoms in total. The van der Waals surface area contributed by atoms with Gasteiger partial charge >= 0.3 is 6.18 Å². The summed E-state index contributed by atoms with van der Waals surface area (Å²) in [6.45, 7) is 4.33. The Morgan fingerprint density at radius 1 is 1.26 bits per heavy atom. The van der Waals surface area contributed by atoms with Crippen molar-refractivity contribution >= 4 is 11.6 Å². The summed E-state index contributed by atoms with van der Waals surface area (Å²) >= 11 is 0. The Kier molecular flexibility index (Phi) is 8.04. The molecular formula is C22H26F5N3O. The summed E-state index contributed by atoms with van der Waals surface area (Å²) in [7, 11) is 0. The zero-order valence-corrected chi connectivity index (χ0v) is 17.4. The number of piperidine rings is 1. The molecule has 1 aliphatic heterocycles. The van der Waals surface area contributed by atoms with Gasteiger partial charge in [-0.25, -0.2) is 8.78 Å².